The van der Waals surface area contributed by atoms with Gasteiger partial charge in [-0.2, -0.15) is 0 Å². The number of hydrogen-bond donors (Lipinski definition) is 1. The molecule has 0 saturated heterocycles. The summed E-state index contributed by atoms with van der Waals surface area (Å²) in [5, 5.41) is 10.9. The molecule has 0 amide bonds. The van der Waals surface area contributed by atoms with Crippen molar-refractivity contribution in [2.45, 2.75) is 126 Å². The fourth-order valence-electron chi connectivity index (χ4n) is 11.1. The standard InChI is InChI=1S/C31H52O/c1-20(2)21(3)9-10-22(4)23-13-15-29(8)25-12-11-24-27(5,6)26(32)14-16-30(24)19-31(25,30)18-17-28(23,29)7/h9,20,22-26,32H,10-19H2,1-8H3/b21-9-/t22-,23-,24-,25-,26+,28-,29+,30+,31-/m1/s1. The summed E-state index contributed by atoms with van der Waals surface area (Å²) in [6, 6.07) is 0. The van der Waals surface area contributed by atoms with Crippen LogP contribution in [0.5, 0.6) is 0 Å². The monoisotopic (exact) mass is 440 g/mol. The predicted octanol–water partition coefficient (Wildman–Crippen LogP) is 8.41. The van der Waals surface area contributed by atoms with Gasteiger partial charge >= 0.3 is 0 Å². The average Bonchev–Trinajstić information content (AvgIpc) is 3.31. The molecular weight excluding hydrogens is 388 g/mol. The van der Waals surface area contributed by atoms with Crippen molar-refractivity contribution in [1.29, 1.82) is 0 Å². The summed E-state index contributed by atoms with van der Waals surface area (Å²) in [7, 11) is 0. The van der Waals surface area contributed by atoms with Crippen LogP contribution in [0, 0.1) is 56.7 Å². The first-order valence-corrected chi connectivity index (χ1v) is 14.2. The lowest BCUT2D eigenvalue weighted by atomic mass is 9.41. The zero-order chi connectivity index (χ0) is 23.3. The third kappa shape index (κ3) is 2.73. The van der Waals surface area contributed by atoms with E-state index in [4.69, 9.17) is 0 Å². The van der Waals surface area contributed by atoms with Gasteiger partial charge < -0.3 is 5.11 Å². The van der Waals surface area contributed by atoms with Gasteiger partial charge in [-0.05, 0) is 128 Å². The fraction of sp³-hybridized carbons (Fsp3) is 0.935. The van der Waals surface area contributed by atoms with Crippen LogP contribution in [0.2, 0.25) is 0 Å². The second-order valence-electron chi connectivity index (χ2n) is 14.8. The van der Waals surface area contributed by atoms with E-state index in [0.717, 1.165) is 30.1 Å². The molecule has 182 valence electrons. The molecule has 0 aromatic heterocycles. The molecule has 0 aliphatic heterocycles. The molecule has 2 spiro atoms. The molecule has 5 aliphatic carbocycles. The van der Waals surface area contributed by atoms with Crippen molar-refractivity contribution in [3.8, 4) is 0 Å². The highest BCUT2D eigenvalue weighted by atomic mass is 16.3. The van der Waals surface area contributed by atoms with Crippen LogP contribution in [-0.2, 0) is 0 Å². The summed E-state index contributed by atoms with van der Waals surface area (Å²) < 4.78 is 0. The van der Waals surface area contributed by atoms with Gasteiger partial charge in [-0.3, -0.25) is 0 Å². The maximum atomic E-state index is 10.9. The van der Waals surface area contributed by atoms with Crippen molar-refractivity contribution in [3.05, 3.63) is 11.6 Å². The highest BCUT2D eigenvalue weighted by molar-refractivity contribution is 5.30. The van der Waals surface area contributed by atoms with Gasteiger partial charge in [0.05, 0.1) is 6.10 Å². The smallest absolute Gasteiger partial charge is 0.0594 e. The van der Waals surface area contributed by atoms with E-state index in [1.165, 1.54) is 57.8 Å². The molecule has 5 rings (SSSR count). The van der Waals surface area contributed by atoms with Crippen LogP contribution in [0.15, 0.2) is 11.6 Å². The first-order chi connectivity index (χ1) is 14.9. The lowest BCUT2D eigenvalue weighted by Gasteiger charge is -2.63. The van der Waals surface area contributed by atoms with E-state index in [-0.39, 0.29) is 11.5 Å². The third-order valence-corrected chi connectivity index (χ3v) is 13.6. The van der Waals surface area contributed by atoms with Crippen LogP contribution >= 0.6 is 0 Å². The Kier molecular flexibility index (Phi) is 5.21. The summed E-state index contributed by atoms with van der Waals surface area (Å²) in [5.74, 6) is 4.06. The van der Waals surface area contributed by atoms with E-state index in [1.54, 1.807) is 5.57 Å². The highest BCUT2D eigenvalue weighted by Gasteiger charge is 2.82. The van der Waals surface area contributed by atoms with Crippen molar-refractivity contribution in [2.24, 2.45) is 56.7 Å². The Labute approximate surface area is 199 Å². The molecule has 5 saturated carbocycles. The molecule has 0 heterocycles. The number of allylic oxidation sites excluding steroid dienone is 2. The largest absolute Gasteiger partial charge is 0.393 e. The van der Waals surface area contributed by atoms with E-state index in [9.17, 15) is 5.11 Å². The second-order valence-corrected chi connectivity index (χ2v) is 14.8. The van der Waals surface area contributed by atoms with Gasteiger partial charge in [-0.1, -0.05) is 60.1 Å². The number of hydrogen-bond acceptors (Lipinski definition) is 1. The van der Waals surface area contributed by atoms with E-state index in [1.807, 2.05) is 0 Å². The molecule has 0 unspecified atom stereocenters. The number of aliphatic hydroxyl groups excluding tert-OH is 1. The SMILES string of the molecule is C/C(=C/C[C@@H](C)[C@H]1CC[C@@]2(C)[C@H]3CC[C@@H]4C(C)(C)[C@@H](O)CC[C@]45C[C@]35CC[C@]12C)C(C)C. The summed E-state index contributed by atoms with van der Waals surface area (Å²) >= 11 is 0. The molecule has 0 bridgehead atoms. The molecule has 1 nitrogen and oxygen atoms in total. The Hall–Kier alpha value is -0.300. The van der Waals surface area contributed by atoms with Crippen molar-refractivity contribution in [2.75, 3.05) is 0 Å². The molecule has 5 fully saturated rings. The summed E-state index contributed by atoms with van der Waals surface area (Å²) in [4.78, 5) is 0. The van der Waals surface area contributed by atoms with Crippen molar-refractivity contribution in [1.82, 2.24) is 0 Å². The van der Waals surface area contributed by atoms with Gasteiger partial charge in [0.15, 0.2) is 0 Å². The van der Waals surface area contributed by atoms with Gasteiger partial charge in [0, 0.05) is 0 Å². The number of fused-ring (bicyclic) bond motifs is 2. The number of aliphatic hydroxyl groups is 1. The Morgan fingerprint density at radius 2 is 1.50 bits per heavy atom. The zero-order valence-corrected chi connectivity index (χ0v) is 22.6. The molecule has 32 heavy (non-hydrogen) atoms. The third-order valence-electron chi connectivity index (χ3n) is 13.6. The molecule has 1 heteroatoms. The fourth-order valence-corrected chi connectivity index (χ4v) is 11.1. The predicted molar refractivity (Wildman–Crippen MR) is 135 cm³/mol. The van der Waals surface area contributed by atoms with Gasteiger partial charge in [-0.15, -0.1) is 0 Å². The maximum Gasteiger partial charge on any atom is 0.0594 e. The van der Waals surface area contributed by atoms with Crippen LogP contribution in [-0.4, -0.2) is 11.2 Å². The van der Waals surface area contributed by atoms with Gasteiger partial charge in [0.25, 0.3) is 0 Å². The summed E-state index contributed by atoms with van der Waals surface area (Å²) in [6.45, 7) is 19.8. The normalized spacial score (nSPS) is 52.6. The first kappa shape index (κ1) is 23.4. The Morgan fingerprint density at radius 3 is 2.19 bits per heavy atom. The van der Waals surface area contributed by atoms with Crippen molar-refractivity contribution in [3.63, 3.8) is 0 Å². The minimum absolute atomic E-state index is 0.0872. The second kappa shape index (κ2) is 7.11. The quantitative estimate of drug-likeness (QED) is 0.435. The van der Waals surface area contributed by atoms with E-state index in [0.29, 0.717) is 27.6 Å². The lowest BCUT2D eigenvalue weighted by molar-refractivity contribution is -0.161. The molecule has 1 N–H and O–H groups in total. The van der Waals surface area contributed by atoms with E-state index >= 15 is 0 Å². The molecule has 9 atom stereocenters. The minimum Gasteiger partial charge on any atom is -0.393 e. The van der Waals surface area contributed by atoms with Crippen LogP contribution in [0.1, 0.15) is 120 Å². The van der Waals surface area contributed by atoms with Gasteiger partial charge in [0.2, 0.25) is 0 Å². The molecule has 0 aromatic carbocycles. The maximum absolute atomic E-state index is 10.9. The average molecular weight is 441 g/mol. The lowest BCUT2D eigenvalue weighted by Crippen LogP contribution is -2.57. The molecular formula is C31H52O. The van der Waals surface area contributed by atoms with Gasteiger partial charge in [-0.25, -0.2) is 0 Å². The zero-order valence-electron chi connectivity index (χ0n) is 22.6. The Balaban J connectivity index is 1.41. The minimum atomic E-state index is -0.0872. The van der Waals surface area contributed by atoms with E-state index < -0.39 is 0 Å². The van der Waals surface area contributed by atoms with Crippen LogP contribution < -0.4 is 0 Å². The van der Waals surface area contributed by atoms with Crippen molar-refractivity contribution >= 4 is 0 Å². The first-order valence-electron chi connectivity index (χ1n) is 14.2. The van der Waals surface area contributed by atoms with Gasteiger partial charge in [0.1, 0.15) is 0 Å². The van der Waals surface area contributed by atoms with Crippen LogP contribution in [0.3, 0.4) is 0 Å². The van der Waals surface area contributed by atoms with Crippen LogP contribution in [0.4, 0.5) is 0 Å². The molecule has 5 aliphatic rings. The summed E-state index contributed by atoms with van der Waals surface area (Å²) in [5.41, 5.74) is 3.92. The number of rotatable bonds is 4. The Morgan fingerprint density at radius 1 is 0.844 bits per heavy atom. The summed E-state index contributed by atoms with van der Waals surface area (Å²) in [6.07, 6.45) is 16.3. The topological polar surface area (TPSA) is 20.2 Å². The Bertz CT molecular complexity index is 792. The van der Waals surface area contributed by atoms with Crippen LogP contribution in [0.25, 0.3) is 0 Å². The van der Waals surface area contributed by atoms with Crippen molar-refractivity contribution < 1.29 is 5.11 Å². The molecule has 0 radical (unpaired) electrons. The molecule has 0 aromatic rings. The highest BCUT2D eigenvalue weighted by Crippen LogP contribution is 2.89. The van der Waals surface area contributed by atoms with E-state index in [2.05, 4.69) is 61.5 Å².